The van der Waals surface area contributed by atoms with Crippen molar-refractivity contribution in [3.8, 4) is 0 Å². The Morgan fingerprint density at radius 3 is 2.03 bits per heavy atom. The van der Waals surface area contributed by atoms with E-state index in [9.17, 15) is 0 Å². The first-order valence-corrected chi connectivity index (χ1v) is 18.8. The second kappa shape index (κ2) is 10.4. The van der Waals surface area contributed by atoms with Gasteiger partial charge in [-0.15, -0.1) is 0 Å². The van der Waals surface area contributed by atoms with Gasteiger partial charge in [0.1, 0.15) is 0 Å². The van der Waals surface area contributed by atoms with Crippen LogP contribution in [0.3, 0.4) is 0 Å². The highest BCUT2D eigenvalue weighted by molar-refractivity contribution is 6.81. The van der Waals surface area contributed by atoms with Crippen molar-refractivity contribution in [3.05, 3.63) is 77.9 Å². The molecule has 6 rings (SSSR count). The normalized spacial score (nSPS) is 27.5. The van der Waals surface area contributed by atoms with Crippen LogP contribution >= 0.6 is 0 Å². The smallest absolute Gasteiger partial charge is 0.0578 e. The van der Waals surface area contributed by atoms with E-state index < -0.39 is 8.07 Å². The van der Waals surface area contributed by atoms with Gasteiger partial charge in [0.2, 0.25) is 0 Å². The Kier molecular flexibility index (Phi) is 7.20. The topological polar surface area (TPSA) is 0 Å². The molecule has 1 aliphatic heterocycles. The minimum absolute atomic E-state index is 0.0863. The monoisotopic (exact) mass is 534 g/mol. The van der Waals surface area contributed by atoms with Gasteiger partial charge in [0, 0.05) is 0 Å². The molecule has 0 spiro atoms. The molecule has 5 unspecified atom stereocenters. The van der Waals surface area contributed by atoms with E-state index in [1.165, 1.54) is 64.8 Å². The standard InChI is InChI=1S/C38H50Si/c1-7-26(2)25-39(22-13-8-14-23-39)37-27(3)24-34-30(20-15-21-33(34)37)35-28-16-9-11-18-31(28)36(38(4,5)6)32-19-12-10-17-29(32)35/h9-12,15-21,26-27,33-34,37H,7-8,13-14,22-25H2,1-6H3. The van der Waals surface area contributed by atoms with Gasteiger partial charge in [-0.05, 0) is 79.3 Å². The zero-order valence-electron chi connectivity index (χ0n) is 25.4. The SMILES string of the molecule is CCC(C)C[Si]1(C2C(C)CC3C(c4c5ccccc5c(C(C)(C)C)c5ccccc45)=CC=CC32)CCCCC1. The van der Waals surface area contributed by atoms with E-state index in [-0.39, 0.29) is 5.41 Å². The van der Waals surface area contributed by atoms with Crippen LogP contribution < -0.4 is 0 Å². The average Bonchev–Trinajstić information content (AvgIpc) is 3.28. The van der Waals surface area contributed by atoms with Gasteiger partial charge in [0.15, 0.2) is 0 Å². The lowest BCUT2D eigenvalue weighted by molar-refractivity contribution is 0.508. The molecule has 0 aromatic heterocycles. The highest BCUT2D eigenvalue weighted by Crippen LogP contribution is 2.61. The molecule has 0 amide bonds. The number of benzene rings is 3. The van der Waals surface area contributed by atoms with Crippen molar-refractivity contribution < 1.29 is 0 Å². The molecule has 3 aliphatic rings. The van der Waals surface area contributed by atoms with Crippen LogP contribution in [0.25, 0.3) is 27.1 Å². The number of hydrogen-bond acceptors (Lipinski definition) is 0. The fourth-order valence-electron chi connectivity index (χ4n) is 9.63. The van der Waals surface area contributed by atoms with Crippen molar-refractivity contribution in [1.82, 2.24) is 0 Å². The van der Waals surface area contributed by atoms with Gasteiger partial charge in [0.25, 0.3) is 0 Å². The molecular weight excluding hydrogens is 485 g/mol. The fraction of sp³-hybridized carbons (Fsp3) is 0.526. The molecule has 3 aromatic rings. The van der Waals surface area contributed by atoms with E-state index in [0.717, 1.165) is 23.3 Å². The second-order valence-corrected chi connectivity index (χ2v) is 19.5. The van der Waals surface area contributed by atoms with Gasteiger partial charge in [-0.2, -0.15) is 0 Å². The Hall–Kier alpha value is -2.12. The van der Waals surface area contributed by atoms with Crippen LogP contribution in [0.5, 0.6) is 0 Å². The summed E-state index contributed by atoms with van der Waals surface area (Å²) in [5.41, 5.74) is 5.70. The third-order valence-corrected chi connectivity index (χ3v) is 17.7. The molecule has 1 heterocycles. The fourth-order valence-corrected chi connectivity index (χ4v) is 17.3. The van der Waals surface area contributed by atoms with E-state index >= 15 is 0 Å². The molecule has 206 valence electrons. The zero-order chi connectivity index (χ0) is 27.4. The van der Waals surface area contributed by atoms with Gasteiger partial charge >= 0.3 is 0 Å². The summed E-state index contributed by atoms with van der Waals surface area (Å²) in [4.78, 5) is 0. The molecule has 1 heteroatoms. The largest absolute Gasteiger partial charge is 0.0808 e. The predicted molar refractivity (Wildman–Crippen MR) is 175 cm³/mol. The maximum absolute atomic E-state index is 2.68. The Morgan fingerprint density at radius 1 is 0.872 bits per heavy atom. The first-order valence-electron chi connectivity index (χ1n) is 16.1. The third-order valence-electron chi connectivity index (χ3n) is 11.1. The number of hydrogen-bond donors (Lipinski definition) is 0. The molecule has 0 nitrogen and oxygen atoms in total. The number of fused-ring (bicyclic) bond motifs is 3. The summed E-state index contributed by atoms with van der Waals surface area (Å²) in [5.74, 6) is 3.12. The first kappa shape index (κ1) is 27.1. The molecule has 5 atom stereocenters. The second-order valence-electron chi connectivity index (χ2n) is 14.7. The lowest BCUT2D eigenvalue weighted by atomic mass is 9.74. The quantitative estimate of drug-likeness (QED) is 0.225. The maximum Gasteiger partial charge on any atom is 0.0578 e. The van der Waals surface area contributed by atoms with Gasteiger partial charge in [-0.3, -0.25) is 0 Å². The number of rotatable bonds is 5. The van der Waals surface area contributed by atoms with E-state index in [4.69, 9.17) is 0 Å². The van der Waals surface area contributed by atoms with Crippen molar-refractivity contribution in [3.63, 3.8) is 0 Å². The molecule has 1 saturated carbocycles. The molecule has 0 N–H and O–H groups in total. The molecule has 2 fully saturated rings. The van der Waals surface area contributed by atoms with E-state index in [1.54, 1.807) is 23.7 Å². The van der Waals surface area contributed by atoms with Crippen molar-refractivity contribution in [2.75, 3.05) is 0 Å². The molecule has 1 saturated heterocycles. The van der Waals surface area contributed by atoms with Gasteiger partial charge < -0.3 is 0 Å². The van der Waals surface area contributed by atoms with Crippen LogP contribution in [0.4, 0.5) is 0 Å². The summed E-state index contributed by atoms with van der Waals surface area (Å²) in [6.07, 6.45) is 14.9. The van der Waals surface area contributed by atoms with Crippen molar-refractivity contribution >= 4 is 35.2 Å². The summed E-state index contributed by atoms with van der Waals surface area (Å²) < 4.78 is 0. The maximum atomic E-state index is 2.68. The zero-order valence-corrected chi connectivity index (χ0v) is 26.4. The molecule has 0 radical (unpaired) electrons. The van der Waals surface area contributed by atoms with Crippen LogP contribution in [0.1, 0.15) is 84.8 Å². The van der Waals surface area contributed by atoms with Crippen LogP contribution in [0.2, 0.25) is 23.7 Å². The van der Waals surface area contributed by atoms with Crippen LogP contribution in [0.15, 0.2) is 66.8 Å². The summed E-state index contributed by atoms with van der Waals surface area (Å²) in [7, 11) is -1.36. The summed E-state index contributed by atoms with van der Waals surface area (Å²) >= 11 is 0. The minimum atomic E-state index is -1.36. The molecular formula is C38H50Si. The Balaban J connectivity index is 1.51. The summed E-state index contributed by atoms with van der Waals surface area (Å²) in [5, 5.41) is 5.81. The highest BCUT2D eigenvalue weighted by atomic mass is 28.3. The average molecular weight is 535 g/mol. The Bertz CT molecular complexity index is 1350. The van der Waals surface area contributed by atoms with E-state index in [1.807, 2.05) is 0 Å². The van der Waals surface area contributed by atoms with Crippen LogP contribution in [-0.4, -0.2) is 8.07 Å². The van der Waals surface area contributed by atoms with E-state index in [2.05, 4.69) is 108 Å². The molecule has 3 aromatic carbocycles. The third kappa shape index (κ3) is 4.57. The molecule has 2 aliphatic carbocycles. The summed E-state index contributed by atoms with van der Waals surface area (Å²) in [6.45, 7) is 14.8. The molecule has 0 bridgehead atoms. The van der Waals surface area contributed by atoms with Crippen molar-refractivity contribution in [2.24, 2.45) is 23.7 Å². The van der Waals surface area contributed by atoms with Crippen molar-refractivity contribution in [2.45, 2.75) is 103 Å². The van der Waals surface area contributed by atoms with Crippen LogP contribution in [-0.2, 0) is 5.41 Å². The van der Waals surface area contributed by atoms with E-state index in [0.29, 0.717) is 5.92 Å². The minimum Gasteiger partial charge on any atom is -0.0808 e. The van der Waals surface area contributed by atoms with Crippen LogP contribution in [0, 0.1) is 23.7 Å². The van der Waals surface area contributed by atoms with Gasteiger partial charge in [-0.1, -0.05) is 152 Å². The van der Waals surface area contributed by atoms with Crippen molar-refractivity contribution in [1.29, 1.82) is 0 Å². The Morgan fingerprint density at radius 2 is 1.46 bits per heavy atom. The van der Waals surface area contributed by atoms with Gasteiger partial charge in [0.05, 0.1) is 8.07 Å². The Labute approximate surface area is 239 Å². The summed E-state index contributed by atoms with van der Waals surface area (Å²) in [6, 6.07) is 23.4. The molecule has 39 heavy (non-hydrogen) atoms. The number of allylic oxidation sites excluding steroid dienone is 4. The van der Waals surface area contributed by atoms with Gasteiger partial charge in [-0.25, -0.2) is 0 Å². The predicted octanol–water partition coefficient (Wildman–Crippen LogP) is 11.6. The highest BCUT2D eigenvalue weighted by Gasteiger charge is 2.54. The lowest BCUT2D eigenvalue weighted by Gasteiger charge is -2.47. The first-order chi connectivity index (χ1) is 18.7. The lowest BCUT2D eigenvalue weighted by Crippen LogP contribution is -2.46.